The van der Waals surface area contributed by atoms with Crippen LogP contribution >= 0.6 is 0 Å². The Morgan fingerprint density at radius 1 is 1.33 bits per heavy atom. The van der Waals surface area contributed by atoms with Crippen LogP contribution in [-0.4, -0.2) is 36.1 Å². The van der Waals surface area contributed by atoms with Crippen LogP contribution in [-0.2, 0) is 9.59 Å². The molecule has 0 fully saturated rings. The summed E-state index contributed by atoms with van der Waals surface area (Å²) >= 11 is 0. The molecule has 24 heavy (non-hydrogen) atoms. The zero-order chi connectivity index (χ0) is 17.7. The van der Waals surface area contributed by atoms with Crippen molar-refractivity contribution < 1.29 is 24.0 Å². The van der Waals surface area contributed by atoms with Crippen LogP contribution in [0.25, 0.3) is 6.08 Å². The first-order valence-electron chi connectivity index (χ1n) is 7.20. The van der Waals surface area contributed by atoms with Crippen molar-refractivity contribution in [1.82, 2.24) is 10.6 Å². The topological polar surface area (TPSA) is 120 Å². The molecule has 0 atom stereocenters. The van der Waals surface area contributed by atoms with Gasteiger partial charge in [0.15, 0.2) is 11.5 Å². The van der Waals surface area contributed by atoms with E-state index in [0.29, 0.717) is 5.75 Å². The number of nitrogens with zero attached hydrogens (tertiary/aromatic N) is 1. The highest BCUT2D eigenvalue weighted by Gasteiger charge is 2.22. The number of fused-ring (bicyclic) bond motifs is 1. The monoisotopic (exact) mass is 335 g/mol. The van der Waals surface area contributed by atoms with Crippen LogP contribution in [0.15, 0.2) is 18.2 Å². The zero-order valence-electron chi connectivity index (χ0n) is 13.2. The van der Waals surface area contributed by atoms with Crippen molar-refractivity contribution in [3.8, 4) is 11.5 Å². The molecule has 1 aliphatic rings. The molecule has 2 rings (SSSR count). The van der Waals surface area contributed by atoms with Gasteiger partial charge in [-0.05, 0) is 26.0 Å². The van der Waals surface area contributed by atoms with Gasteiger partial charge in [0.1, 0.15) is 0 Å². The van der Waals surface area contributed by atoms with E-state index in [1.54, 1.807) is 13.8 Å². The van der Waals surface area contributed by atoms with Gasteiger partial charge in [-0.3, -0.25) is 19.7 Å². The molecule has 0 saturated heterocycles. The van der Waals surface area contributed by atoms with Gasteiger partial charge < -0.3 is 20.1 Å². The number of nitrogens with one attached hydrogen (secondary N) is 2. The van der Waals surface area contributed by atoms with E-state index < -0.39 is 10.8 Å². The van der Waals surface area contributed by atoms with Crippen LogP contribution in [0.2, 0.25) is 0 Å². The number of benzene rings is 1. The molecule has 1 heterocycles. The molecule has 0 saturated carbocycles. The number of amides is 2. The van der Waals surface area contributed by atoms with Gasteiger partial charge in [0, 0.05) is 12.1 Å². The summed E-state index contributed by atoms with van der Waals surface area (Å²) in [5.74, 6) is -0.202. The van der Waals surface area contributed by atoms with Gasteiger partial charge in [0.2, 0.25) is 18.6 Å². The molecule has 1 aromatic carbocycles. The first kappa shape index (κ1) is 17.3. The standard InChI is InChI=1S/C15H17N3O6/c1-9(2)17-15(20)7-16-14(19)4-3-10-5-12-13(24-8-23-12)6-11(10)18(21)22/h3-6,9H,7-8H2,1-2H3,(H,16,19)(H,17,20)/b4-3+. The van der Waals surface area contributed by atoms with E-state index >= 15 is 0 Å². The molecule has 0 spiro atoms. The molecule has 0 aromatic heterocycles. The maximum Gasteiger partial charge on any atom is 0.280 e. The number of hydrogen-bond acceptors (Lipinski definition) is 6. The van der Waals surface area contributed by atoms with E-state index in [2.05, 4.69) is 10.6 Å². The van der Waals surface area contributed by atoms with Gasteiger partial charge >= 0.3 is 0 Å². The van der Waals surface area contributed by atoms with Crippen LogP contribution in [0.3, 0.4) is 0 Å². The van der Waals surface area contributed by atoms with Crippen molar-refractivity contribution in [2.24, 2.45) is 0 Å². The molecule has 0 radical (unpaired) electrons. The summed E-state index contributed by atoms with van der Waals surface area (Å²) in [4.78, 5) is 33.7. The quantitative estimate of drug-likeness (QED) is 0.454. The van der Waals surface area contributed by atoms with Crippen molar-refractivity contribution in [3.63, 3.8) is 0 Å². The van der Waals surface area contributed by atoms with E-state index in [0.717, 1.165) is 6.08 Å². The lowest BCUT2D eigenvalue weighted by Crippen LogP contribution is -2.39. The molecule has 9 heteroatoms. The van der Waals surface area contributed by atoms with E-state index in [4.69, 9.17) is 9.47 Å². The van der Waals surface area contributed by atoms with Crippen molar-refractivity contribution in [2.45, 2.75) is 19.9 Å². The van der Waals surface area contributed by atoms with E-state index in [9.17, 15) is 19.7 Å². The summed E-state index contributed by atoms with van der Waals surface area (Å²) in [6, 6.07) is 2.65. The highest BCUT2D eigenvalue weighted by atomic mass is 16.7. The number of ether oxygens (including phenoxy) is 2. The molecule has 0 unspecified atom stereocenters. The highest BCUT2D eigenvalue weighted by Crippen LogP contribution is 2.38. The second-order valence-corrected chi connectivity index (χ2v) is 5.29. The first-order chi connectivity index (χ1) is 11.4. The van der Waals surface area contributed by atoms with Crippen molar-refractivity contribution in [2.75, 3.05) is 13.3 Å². The zero-order valence-corrected chi connectivity index (χ0v) is 13.2. The average Bonchev–Trinajstić information content (AvgIpc) is 2.96. The Balaban J connectivity index is 2.04. The van der Waals surface area contributed by atoms with Crippen LogP contribution < -0.4 is 20.1 Å². The lowest BCUT2D eigenvalue weighted by atomic mass is 10.1. The van der Waals surface area contributed by atoms with Crippen LogP contribution in [0.5, 0.6) is 11.5 Å². The number of carbonyl (C=O) groups is 2. The van der Waals surface area contributed by atoms with Crippen LogP contribution in [0.4, 0.5) is 5.69 Å². The summed E-state index contributed by atoms with van der Waals surface area (Å²) in [5.41, 5.74) is -0.00752. The number of nitro groups is 1. The van der Waals surface area contributed by atoms with Gasteiger partial charge in [-0.1, -0.05) is 0 Å². The summed E-state index contributed by atoms with van der Waals surface area (Å²) in [6.07, 6.45) is 2.41. The summed E-state index contributed by atoms with van der Waals surface area (Å²) < 4.78 is 10.3. The fourth-order valence-corrected chi connectivity index (χ4v) is 2.00. The molecule has 2 amide bonds. The van der Waals surface area contributed by atoms with E-state index in [1.807, 2.05) is 0 Å². The van der Waals surface area contributed by atoms with Gasteiger partial charge in [-0.15, -0.1) is 0 Å². The SMILES string of the molecule is CC(C)NC(=O)CNC(=O)/C=C/c1cc2c(cc1[N+](=O)[O-])OCO2. The Hall–Kier alpha value is -3.10. The normalized spacial score (nSPS) is 12.5. The summed E-state index contributed by atoms with van der Waals surface area (Å²) in [7, 11) is 0. The Morgan fingerprint density at radius 2 is 2.00 bits per heavy atom. The Labute approximate surface area is 137 Å². The number of nitro benzene ring substituents is 1. The molecule has 1 aliphatic heterocycles. The third-order valence-corrected chi connectivity index (χ3v) is 3.01. The lowest BCUT2D eigenvalue weighted by Gasteiger charge is -2.08. The first-order valence-corrected chi connectivity index (χ1v) is 7.20. The predicted octanol–water partition coefficient (Wildman–Crippen LogP) is 0.977. The molecular formula is C15H17N3O6. The molecule has 9 nitrogen and oxygen atoms in total. The third kappa shape index (κ3) is 4.45. The summed E-state index contributed by atoms with van der Waals surface area (Å²) in [6.45, 7) is 3.42. The van der Waals surface area contributed by atoms with Gasteiger partial charge in [0.05, 0.1) is 23.1 Å². The Kier molecular flexibility index (Phi) is 5.35. The van der Waals surface area contributed by atoms with Gasteiger partial charge in [-0.2, -0.15) is 0 Å². The van der Waals surface area contributed by atoms with Crippen LogP contribution in [0.1, 0.15) is 19.4 Å². The smallest absolute Gasteiger partial charge is 0.280 e. The van der Waals surface area contributed by atoms with Crippen molar-refractivity contribution >= 4 is 23.6 Å². The summed E-state index contributed by atoms with van der Waals surface area (Å²) in [5, 5.41) is 16.1. The number of carbonyl (C=O) groups excluding carboxylic acids is 2. The third-order valence-electron chi connectivity index (χ3n) is 3.01. The minimum absolute atomic E-state index is 0.00883. The average molecular weight is 335 g/mol. The molecule has 1 aromatic rings. The predicted molar refractivity (Wildman–Crippen MR) is 84.5 cm³/mol. The maximum atomic E-state index is 11.7. The van der Waals surface area contributed by atoms with E-state index in [-0.39, 0.29) is 42.3 Å². The Morgan fingerprint density at radius 3 is 2.62 bits per heavy atom. The van der Waals surface area contributed by atoms with Gasteiger partial charge in [-0.25, -0.2) is 0 Å². The lowest BCUT2D eigenvalue weighted by molar-refractivity contribution is -0.385. The highest BCUT2D eigenvalue weighted by molar-refractivity contribution is 5.94. The van der Waals surface area contributed by atoms with Crippen molar-refractivity contribution in [1.29, 1.82) is 0 Å². The van der Waals surface area contributed by atoms with Crippen LogP contribution in [0, 0.1) is 10.1 Å². The minimum Gasteiger partial charge on any atom is -0.454 e. The molecule has 2 N–H and O–H groups in total. The van der Waals surface area contributed by atoms with E-state index in [1.165, 1.54) is 18.2 Å². The fraction of sp³-hybridized carbons (Fsp3) is 0.333. The second-order valence-electron chi connectivity index (χ2n) is 5.29. The number of hydrogen-bond donors (Lipinski definition) is 2. The fourth-order valence-electron chi connectivity index (χ4n) is 2.00. The number of rotatable bonds is 6. The minimum atomic E-state index is -0.574. The molecular weight excluding hydrogens is 318 g/mol. The molecule has 0 bridgehead atoms. The second kappa shape index (κ2) is 7.44. The molecule has 0 aliphatic carbocycles. The molecule has 128 valence electrons. The Bertz CT molecular complexity index is 699. The van der Waals surface area contributed by atoms with Crippen molar-refractivity contribution in [3.05, 3.63) is 33.9 Å². The van der Waals surface area contributed by atoms with Gasteiger partial charge in [0.25, 0.3) is 5.69 Å². The largest absolute Gasteiger partial charge is 0.454 e. The maximum absolute atomic E-state index is 11.7.